The normalized spacial score (nSPS) is 12.7. The van der Waals surface area contributed by atoms with E-state index in [9.17, 15) is 19.5 Å². The second-order valence-electron chi connectivity index (χ2n) is 21.6. The minimum Gasteiger partial charge on any atom is -0.477 e. The zero-order valence-corrected chi connectivity index (χ0v) is 45.6. The number of unbranched alkanes of at least 4 members (excludes halogenated alkanes) is 41. The summed E-state index contributed by atoms with van der Waals surface area (Å²) in [5.74, 6) is -1.43. The number of hydrogen-bond acceptors (Lipinski definition) is 6. The zero-order chi connectivity index (χ0) is 49.2. The van der Waals surface area contributed by atoms with Gasteiger partial charge in [0.1, 0.15) is 6.61 Å². The number of nitrogens with zero attached hydrogens (tertiary/aromatic N) is 1. The third-order valence-corrected chi connectivity index (χ3v) is 14.0. The molecule has 8 nitrogen and oxygen atoms in total. The fraction of sp³-hybridized carbons (Fsp3) is 0.949. The molecule has 0 fully saturated rings. The van der Waals surface area contributed by atoms with Crippen molar-refractivity contribution in [3.63, 3.8) is 0 Å². The van der Waals surface area contributed by atoms with Crippen LogP contribution in [0, 0.1) is 0 Å². The van der Waals surface area contributed by atoms with Crippen LogP contribution in [0.4, 0.5) is 0 Å². The molecule has 8 heteroatoms. The average molecular weight is 952 g/mol. The lowest BCUT2D eigenvalue weighted by atomic mass is 10.0. The summed E-state index contributed by atoms with van der Waals surface area (Å²) in [7, 11) is 5.56. The fourth-order valence-electron chi connectivity index (χ4n) is 9.45. The van der Waals surface area contributed by atoms with Crippen LogP contribution >= 0.6 is 0 Å². The predicted octanol–water partition coefficient (Wildman–Crippen LogP) is 17.6. The molecule has 0 rings (SSSR count). The summed E-state index contributed by atoms with van der Waals surface area (Å²) in [6, 6.07) is -0.610. The second kappa shape index (κ2) is 50.7. The van der Waals surface area contributed by atoms with E-state index in [1.807, 2.05) is 21.1 Å². The Kier molecular flexibility index (Phi) is 49.4. The molecule has 0 aromatic carbocycles. The van der Waals surface area contributed by atoms with Crippen molar-refractivity contribution in [3.05, 3.63) is 0 Å². The Morgan fingerprint density at radius 1 is 0.388 bits per heavy atom. The highest BCUT2D eigenvalue weighted by Gasteiger charge is 2.31. The van der Waals surface area contributed by atoms with Crippen molar-refractivity contribution in [1.82, 2.24) is 0 Å². The minimum absolute atomic E-state index is 0.0408. The standard InChI is InChI=1S/C59H115NO7/c1-6-8-10-12-14-16-18-20-22-24-26-28-30-32-34-36-38-40-42-44-46-48-50-58(62)67-55(53-65-52-51-56(59(63)64)60(3,4)5)54-66-57(61)49-47-45-43-41-39-37-35-33-31-29-27-25-23-21-19-17-15-13-11-9-7-2/h55-56H,6-54H2,1-5H3/p+1. The predicted molar refractivity (Wildman–Crippen MR) is 285 cm³/mol. The largest absolute Gasteiger partial charge is 0.477 e. The van der Waals surface area contributed by atoms with E-state index in [0.717, 1.165) is 38.5 Å². The molecule has 67 heavy (non-hydrogen) atoms. The Morgan fingerprint density at radius 2 is 0.657 bits per heavy atom. The Balaban J connectivity index is 4.09. The van der Waals surface area contributed by atoms with Crippen LogP contribution in [-0.4, -0.2) is 80.6 Å². The van der Waals surface area contributed by atoms with E-state index in [2.05, 4.69) is 13.8 Å². The van der Waals surface area contributed by atoms with Crippen LogP contribution in [0.1, 0.15) is 309 Å². The number of carboxylic acid groups (broad SMARTS) is 1. The summed E-state index contributed by atoms with van der Waals surface area (Å²) < 4.78 is 17.4. The van der Waals surface area contributed by atoms with E-state index < -0.39 is 18.1 Å². The molecule has 398 valence electrons. The van der Waals surface area contributed by atoms with Crippen LogP contribution in [0.25, 0.3) is 0 Å². The van der Waals surface area contributed by atoms with Gasteiger partial charge < -0.3 is 23.8 Å². The number of hydrogen-bond donors (Lipinski definition) is 1. The molecule has 0 aliphatic heterocycles. The zero-order valence-electron chi connectivity index (χ0n) is 45.6. The van der Waals surface area contributed by atoms with Crippen molar-refractivity contribution in [1.29, 1.82) is 0 Å². The molecular formula is C59H116NO7+. The van der Waals surface area contributed by atoms with Crippen LogP contribution in [0.5, 0.6) is 0 Å². The SMILES string of the molecule is CCCCCCCCCCCCCCCCCCCCCCCCC(=O)OC(COCCC(C(=O)O)[N+](C)(C)C)COC(=O)CCCCCCCCCCCCCCCCCCCCCCC. The summed E-state index contributed by atoms with van der Waals surface area (Å²) in [5.41, 5.74) is 0. The molecule has 0 saturated heterocycles. The first-order chi connectivity index (χ1) is 32.6. The maximum atomic E-state index is 12.8. The monoisotopic (exact) mass is 951 g/mol. The lowest BCUT2D eigenvalue weighted by molar-refractivity contribution is -0.887. The number of carbonyl (C=O) groups is 3. The average Bonchev–Trinajstić information content (AvgIpc) is 3.29. The number of rotatable bonds is 55. The van der Waals surface area contributed by atoms with Crippen LogP contribution in [0.15, 0.2) is 0 Å². The summed E-state index contributed by atoms with van der Waals surface area (Å²) in [6.45, 7) is 4.82. The lowest BCUT2D eigenvalue weighted by Gasteiger charge is -2.31. The van der Waals surface area contributed by atoms with Crippen molar-refractivity contribution in [2.45, 2.75) is 321 Å². The van der Waals surface area contributed by atoms with Gasteiger partial charge in [0.05, 0.1) is 34.4 Å². The van der Waals surface area contributed by atoms with Crippen molar-refractivity contribution in [2.75, 3.05) is 41.0 Å². The Labute approximate surface area is 416 Å². The fourth-order valence-corrected chi connectivity index (χ4v) is 9.45. The molecule has 0 spiro atoms. The molecule has 0 amide bonds. The van der Waals surface area contributed by atoms with E-state index in [1.165, 1.54) is 238 Å². The van der Waals surface area contributed by atoms with Gasteiger partial charge in [-0.3, -0.25) is 9.59 Å². The summed E-state index contributed by atoms with van der Waals surface area (Å²) in [5, 5.41) is 9.68. The van der Waals surface area contributed by atoms with Gasteiger partial charge in [0, 0.05) is 19.3 Å². The van der Waals surface area contributed by atoms with Gasteiger partial charge in [-0.15, -0.1) is 0 Å². The molecule has 0 aromatic heterocycles. The van der Waals surface area contributed by atoms with Gasteiger partial charge in [-0.05, 0) is 12.8 Å². The number of quaternary nitrogens is 1. The highest BCUT2D eigenvalue weighted by molar-refractivity contribution is 5.72. The molecule has 0 aliphatic rings. The van der Waals surface area contributed by atoms with Crippen LogP contribution < -0.4 is 0 Å². The lowest BCUT2D eigenvalue weighted by Crippen LogP contribution is -2.50. The number of ether oxygens (including phenoxy) is 3. The number of likely N-dealkylation sites (N-methyl/N-ethyl adjacent to an activating group) is 1. The molecule has 0 radical (unpaired) electrons. The number of carboxylic acids is 1. The van der Waals surface area contributed by atoms with Gasteiger partial charge in [0.15, 0.2) is 12.1 Å². The molecule has 0 saturated carbocycles. The van der Waals surface area contributed by atoms with E-state index in [4.69, 9.17) is 14.2 Å². The highest BCUT2D eigenvalue weighted by atomic mass is 16.6. The maximum absolute atomic E-state index is 12.8. The summed E-state index contributed by atoms with van der Waals surface area (Å²) in [4.78, 5) is 37.3. The van der Waals surface area contributed by atoms with Crippen LogP contribution in [0.2, 0.25) is 0 Å². The minimum atomic E-state index is -0.867. The van der Waals surface area contributed by atoms with E-state index >= 15 is 0 Å². The molecule has 1 N–H and O–H groups in total. The topological polar surface area (TPSA) is 99.1 Å². The molecular weight excluding hydrogens is 835 g/mol. The molecule has 0 aliphatic carbocycles. The van der Waals surface area contributed by atoms with E-state index in [0.29, 0.717) is 19.3 Å². The quantitative estimate of drug-likeness (QED) is 0.0368. The van der Waals surface area contributed by atoms with Crippen molar-refractivity contribution in [3.8, 4) is 0 Å². The summed E-state index contributed by atoms with van der Waals surface area (Å²) >= 11 is 0. The van der Waals surface area contributed by atoms with E-state index in [-0.39, 0.29) is 36.2 Å². The number of carbonyl (C=O) groups excluding carboxylic acids is 2. The van der Waals surface area contributed by atoms with Gasteiger partial charge in [0.2, 0.25) is 0 Å². The van der Waals surface area contributed by atoms with Crippen molar-refractivity contribution < 1.29 is 38.2 Å². The Bertz CT molecular complexity index is 1060. The van der Waals surface area contributed by atoms with Gasteiger partial charge in [0.25, 0.3) is 0 Å². The maximum Gasteiger partial charge on any atom is 0.362 e. The molecule has 0 heterocycles. The Morgan fingerprint density at radius 3 is 0.925 bits per heavy atom. The van der Waals surface area contributed by atoms with E-state index in [1.54, 1.807) is 0 Å². The van der Waals surface area contributed by atoms with Gasteiger partial charge in [-0.25, -0.2) is 4.79 Å². The third kappa shape index (κ3) is 49.1. The Hall–Kier alpha value is -1.67. The van der Waals surface area contributed by atoms with Gasteiger partial charge in [-0.1, -0.05) is 277 Å². The number of esters is 2. The molecule has 0 aromatic rings. The van der Waals surface area contributed by atoms with Crippen molar-refractivity contribution >= 4 is 17.9 Å². The van der Waals surface area contributed by atoms with Crippen molar-refractivity contribution in [2.24, 2.45) is 0 Å². The first-order valence-corrected chi connectivity index (χ1v) is 29.6. The number of aliphatic carboxylic acids is 1. The smallest absolute Gasteiger partial charge is 0.362 e. The van der Waals surface area contributed by atoms with Gasteiger partial charge in [-0.2, -0.15) is 0 Å². The van der Waals surface area contributed by atoms with Crippen LogP contribution in [0.3, 0.4) is 0 Å². The molecule has 2 atom stereocenters. The molecule has 2 unspecified atom stereocenters. The first kappa shape index (κ1) is 65.3. The molecule has 0 bridgehead atoms. The third-order valence-electron chi connectivity index (χ3n) is 14.0. The van der Waals surface area contributed by atoms with Crippen LogP contribution in [-0.2, 0) is 28.6 Å². The first-order valence-electron chi connectivity index (χ1n) is 29.6. The van der Waals surface area contributed by atoms with Gasteiger partial charge >= 0.3 is 17.9 Å². The highest BCUT2D eigenvalue weighted by Crippen LogP contribution is 2.18. The summed E-state index contributed by atoms with van der Waals surface area (Å²) in [6.07, 6.45) is 57.4. The second-order valence-corrected chi connectivity index (χ2v) is 21.6.